The second kappa shape index (κ2) is 6.05. The first kappa shape index (κ1) is 17.7. The standard InChI is InChI=1S/C23H31NO3/c1-15-10-19(26)13-22-8-9-24(14-16-4-3-5-16)21(23(15,22)27-2)11-17-6-7-18(25)12-20(17)22/h6-7,12,15-16,21,25H,3-5,8-11,13-14H2,1-2H3/t15-,21+,22+,23?/m0/s1. The number of fused-ring (bicyclic) bond motifs is 1. The summed E-state index contributed by atoms with van der Waals surface area (Å²) >= 11 is 0. The van der Waals surface area contributed by atoms with Gasteiger partial charge in [0.15, 0.2) is 0 Å². The number of phenols is 1. The van der Waals surface area contributed by atoms with Crippen LogP contribution in [0.25, 0.3) is 0 Å². The molecule has 0 spiro atoms. The molecule has 1 unspecified atom stereocenters. The molecule has 3 fully saturated rings. The summed E-state index contributed by atoms with van der Waals surface area (Å²) in [5.41, 5.74) is 1.82. The van der Waals surface area contributed by atoms with Crippen LogP contribution >= 0.6 is 0 Å². The molecule has 4 heteroatoms. The fourth-order valence-electron chi connectivity index (χ4n) is 7.08. The van der Waals surface area contributed by atoms with Gasteiger partial charge in [0.2, 0.25) is 0 Å². The summed E-state index contributed by atoms with van der Waals surface area (Å²) in [6.45, 7) is 4.41. The van der Waals surface area contributed by atoms with E-state index in [4.69, 9.17) is 4.74 Å². The number of nitrogens with zero attached hydrogens (tertiary/aromatic N) is 1. The Morgan fingerprint density at radius 2 is 2.11 bits per heavy atom. The Kier molecular flexibility index (Phi) is 3.97. The van der Waals surface area contributed by atoms with Gasteiger partial charge in [-0.2, -0.15) is 0 Å². The molecule has 5 rings (SSSR count). The predicted octanol–water partition coefficient (Wildman–Crippen LogP) is 3.44. The number of benzene rings is 1. The summed E-state index contributed by atoms with van der Waals surface area (Å²) in [7, 11) is 1.86. The van der Waals surface area contributed by atoms with Crippen molar-refractivity contribution in [3.05, 3.63) is 29.3 Å². The molecule has 2 saturated carbocycles. The fraction of sp³-hybridized carbons (Fsp3) is 0.696. The Hall–Kier alpha value is -1.39. The molecule has 2 bridgehead atoms. The Morgan fingerprint density at radius 1 is 1.30 bits per heavy atom. The van der Waals surface area contributed by atoms with E-state index in [-0.39, 0.29) is 16.9 Å². The van der Waals surface area contributed by atoms with Gasteiger partial charge in [-0.15, -0.1) is 0 Å². The summed E-state index contributed by atoms with van der Waals surface area (Å²) in [5, 5.41) is 10.2. The van der Waals surface area contributed by atoms with Crippen molar-refractivity contribution in [2.45, 2.75) is 68.9 Å². The number of likely N-dealkylation sites (tertiary alicyclic amines) is 1. The molecule has 3 aliphatic carbocycles. The van der Waals surface area contributed by atoms with E-state index in [1.807, 2.05) is 13.2 Å². The Morgan fingerprint density at radius 3 is 2.81 bits per heavy atom. The van der Waals surface area contributed by atoms with Gasteiger partial charge in [-0.1, -0.05) is 19.4 Å². The maximum atomic E-state index is 12.8. The number of carbonyl (C=O) groups is 1. The number of ketones is 1. The van der Waals surface area contributed by atoms with E-state index >= 15 is 0 Å². The van der Waals surface area contributed by atoms with Crippen LogP contribution in [0.1, 0.15) is 56.6 Å². The van der Waals surface area contributed by atoms with Crippen LogP contribution in [0.2, 0.25) is 0 Å². The van der Waals surface area contributed by atoms with E-state index in [2.05, 4.69) is 17.9 Å². The van der Waals surface area contributed by atoms with Gasteiger partial charge in [-0.25, -0.2) is 0 Å². The number of rotatable bonds is 3. The molecular weight excluding hydrogens is 338 g/mol. The van der Waals surface area contributed by atoms with Gasteiger partial charge in [0, 0.05) is 38.0 Å². The van der Waals surface area contributed by atoms with Gasteiger partial charge in [0.1, 0.15) is 11.5 Å². The summed E-state index contributed by atoms with van der Waals surface area (Å²) in [5.74, 6) is 1.66. The number of hydrogen-bond donors (Lipinski definition) is 1. The van der Waals surface area contributed by atoms with Crippen LogP contribution in [-0.4, -0.2) is 47.6 Å². The number of hydrogen-bond acceptors (Lipinski definition) is 4. The van der Waals surface area contributed by atoms with Crippen LogP contribution in [0.3, 0.4) is 0 Å². The van der Waals surface area contributed by atoms with Gasteiger partial charge in [0.05, 0.1) is 5.60 Å². The molecule has 4 nitrogen and oxygen atoms in total. The molecule has 0 amide bonds. The topological polar surface area (TPSA) is 49.8 Å². The number of aromatic hydroxyl groups is 1. The number of phenolic OH excluding ortho intramolecular Hbond substituents is 1. The van der Waals surface area contributed by atoms with Crippen LogP contribution in [0.5, 0.6) is 5.75 Å². The molecule has 4 atom stereocenters. The minimum absolute atomic E-state index is 0.188. The molecule has 27 heavy (non-hydrogen) atoms. The molecule has 4 aliphatic rings. The van der Waals surface area contributed by atoms with Crippen molar-refractivity contribution in [3.8, 4) is 5.75 Å². The molecule has 0 radical (unpaired) electrons. The minimum Gasteiger partial charge on any atom is -0.508 e. The third-order valence-corrected chi connectivity index (χ3v) is 8.35. The van der Waals surface area contributed by atoms with Crippen molar-refractivity contribution in [3.63, 3.8) is 0 Å². The number of ether oxygens (including phenoxy) is 1. The normalized spacial score (nSPS) is 38.8. The molecule has 1 aromatic carbocycles. The van der Waals surface area contributed by atoms with Crippen LogP contribution < -0.4 is 0 Å². The summed E-state index contributed by atoms with van der Waals surface area (Å²) in [4.78, 5) is 15.4. The molecule has 0 aromatic heterocycles. The Bertz CT molecular complexity index is 773. The minimum atomic E-state index is -0.344. The van der Waals surface area contributed by atoms with Crippen LogP contribution in [0.4, 0.5) is 0 Å². The highest BCUT2D eigenvalue weighted by Crippen LogP contribution is 2.61. The summed E-state index contributed by atoms with van der Waals surface area (Å²) in [6, 6.07) is 6.12. The lowest BCUT2D eigenvalue weighted by molar-refractivity contribution is -0.211. The van der Waals surface area contributed by atoms with Gasteiger partial charge < -0.3 is 9.84 Å². The van der Waals surface area contributed by atoms with Gasteiger partial charge in [-0.05, 0) is 67.3 Å². The zero-order chi connectivity index (χ0) is 18.8. The van der Waals surface area contributed by atoms with Crippen molar-refractivity contribution in [1.29, 1.82) is 0 Å². The first-order chi connectivity index (χ1) is 13.0. The smallest absolute Gasteiger partial charge is 0.134 e. The quantitative estimate of drug-likeness (QED) is 0.887. The molecule has 1 aromatic rings. The molecule has 1 aliphatic heterocycles. The first-order valence-electron chi connectivity index (χ1n) is 10.6. The highest BCUT2D eigenvalue weighted by atomic mass is 16.5. The maximum Gasteiger partial charge on any atom is 0.134 e. The third kappa shape index (κ3) is 2.26. The van der Waals surface area contributed by atoms with Crippen molar-refractivity contribution < 1.29 is 14.6 Å². The Labute approximate surface area is 161 Å². The lowest BCUT2D eigenvalue weighted by Crippen LogP contribution is -2.76. The van der Waals surface area contributed by atoms with E-state index in [1.54, 1.807) is 6.07 Å². The second-order valence-electron chi connectivity index (χ2n) is 9.50. The highest BCUT2D eigenvalue weighted by molar-refractivity contribution is 5.83. The monoisotopic (exact) mass is 369 g/mol. The van der Waals surface area contributed by atoms with Crippen molar-refractivity contribution in [2.24, 2.45) is 11.8 Å². The number of carbonyl (C=O) groups excluding carboxylic acids is 1. The third-order valence-electron chi connectivity index (χ3n) is 8.35. The van der Waals surface area contributed by atoms with Gasteiger partial charge >= 0.3 is 0 Å². The van der Waals surface area contributed by atoms with Crippen LogP contribution in [0, 0.1) is 11.8 Å². The number of methoxy groups -OCH3 is 1. The number of Topliss-reactive ketones (excluding diaryl/α,β-unsaturated/α-hetero) is 1. The molecule has 1 heterocycles. The van der Waals surface area contributed by atoms with Crippen molar-refractivity contribution in [1.82, 2.24) is 4.90 Å². The summed E-state index contributed by atoms with van der Waals surface area (Å²) < 4.78 is 6.49. The average molecular weight is 370 g/mol. The van der Waals surface area contributed by atoms with E-state index in [0.29, 0.717) is 30.4 Å². The predicted molar refractivity (Wildman–Crippen MR) is 104 cm³/mol. The van der Waals surface area contributed by atoms with Gasteiger partial charge in [-0.3, -0.25) is 9.69 Å². The van der Waals surface area contributed by atoms with Crippen LogP contribution in [0.15, 0.2) is 18.2 Å². The maximum absolute atomic E-state index is 12.8. The van der Waals surface area contributed by atoms with Crippen molar-refractivity contribution >= 4 is 5.78 Å². The fourth-order valence-corrected chi connectivity index (χ4v) is 7.08. The Balaban J connectivity index is 1.67. The van der Waals surface area contributed by atoms with E-state index in [1.165, 1.54) is 36.9 Å². The molecule has 146 valence electrons. The molecule has 1 N–H and O–H groups in total. The SMILES string of the molecule is COC12[C@@H](C)CC(=O)C[C@@]13CCN(CC1CCC1)[C@@H]2Cc1ccc(O)cc13. The lowest BCUT2D eigenvalue weighted by atomic mass is 9.46. The average Bonchev–Trinajstić information content (AvgIpc) is 2.59. The van der Waals surface area contributed by atoms with E-state index < -0.39 is 0 Å². The zero-order valence-electron chi connectivity index (χ0n) is 16.5. The van der Waals surface area contributed by atoms with Gasteiger partial charge in [0.25, 0.3) is 0 Å². The molecular formula is C23H31NO3. The zero-order valence-corrected chi connectivity index (χ0v) is 16.5. The highest BCUT2D eigenvalue weighted by Gasteiger charge is 2.68. The van der Waals surface area contributed by atoms with Crippen molar-refractivity contribution in [2.75, 3.05) is 20.2 Å². The molecule has 1 saturated heterocycles. The summed E-state index contributed by atoms with van der Waals surface area (Å²) in [6.07, 6.45) is 7.13. The largest absolute Gasteiger partial charge is 0.508 e. The second-order valence-corrected chi connectivity index (χ2v) is 9.50. The first-order valence-corrected chi connectivity index (χ1v) is 10.6. The number of piperidine rings is 1. The van der Waals surface area contributed by atoms with E-state index in [0.717, 1.165) is 25.3 Å². The van der Waals surface area contributed by atoms with E-state index in [9.17, 15) is 9.90 Å². The lowest BCUT2D eigenvalue weighted by Gasteiger charge is -2.67. The van der Waals surface area contributed by atoms with Crippen LogP contribution in [-0.2, 0) is 21.4 Å².